The zero-order valence-electron chi connectivity index (χ0n) is 34.6. The van der Waals surface area contributed by atoms with Crippen molar-refractivity contribution in [3.8, 4) is 11.1 Å². The summed E-state index contributed by atoms with van der Waals surface area (Å²) in [6.07, 6.45) is 4.01. The van der Waals surface area contributed by atoms with Gasteiger partial charge >= 0.3 is 0 Å². The number of aryl methyl sites for hydroxylation is 1. The van der Waals surface area contributed by atoms with Crippen molar-refractivity contribution in [1.82, 2.24) is 30.9 Å². The summed E-state index contributed by atoms with van der Waals surface area (Å²) in [5.41, 5.74) is 10.6. The number of carbonyl (C=O) groups excluding carboxylic acids is 4. The second-order valence-electron chi connectivity index (χ2n) is 15.9. The molecule has 2 aliphatic heterocycles. The molecule has 0 radical (unpaired) electrons. The van der Waals surface area contributed by atoms with Gasteiger partial charge in [-0.3, -0.25) is 24.6 Å². The smallest absolute Gasteiger partial charge is 0.289 e. The summed E-state index contributed by atoms with van der Waals surface area (Å²) in [5.74, 6) is -2.88. The van der Waals surface area contributed by atoms with E-state index in [4.69, 9.17) is 15.9 Å². The van der Waals surface area contributed by atoms with Crippen molar-refractivity contribution in [2.45, 2.75) is 89.1 Å². The molecule has 2 aliphatic rings. The number of benzene rings is 3. The van der Waals surface area contributed by atoms with Crippen LogP contribution in [0, 0.1) is 18.3 Å². The average molecular weight is 845 g/mol. The van der Waals surface area contributed by atoms with Gasteiger partial charge in [0.05, 0.1) is 25.0 Å². The Morgan fingerprint density at radius 3 is 2.22 bits per heavy atom. The van der Waals surface area contributed by atoms with E-state index in [0.29, 0.717) is 18.8 Å². The van der Waals surface area contributed by atoms with Crippen LogP contribution in [-0.4, -0.2) is 106 Å². The number of sulfonamides is 1. The minimum Gasteiger partial charge on any atom is -0.372 e. The van der Waals surface area contributed by atoms with Crippen LogP contribution >= 0.6 is 0 Å². The molecule has 8 N–H and O–H groups in total. The molecular weight excluding hydrogens is 785 g/mol. The van der Waals surface area contributed by atoms with Crippen LogP contribution in [0.5, 0.6) is 0 Å². The van der Waals surface area contributed by atoms with Crippen molar-refractivity contribution in [1.29, 1.82) is 5.41 Å². The molecule has 4 atom stereocenters. The molecule has 3 amide bonds. The fourth-order valence-corrected chi connectivity index (χ4v) is 8.43. The maximum atomic E-state index is 14.4. The van der Waals surface area contributed by atoms with E-state index in [0.717, 1.165) is 60.0 Å². The monoisotopic (exact) mass is 844 g/mol. The third kappa shape index (κ3) is 14.5. The first kappa shape index (κ1) is 45.9. The first-order valence-electron chi connectivity index (χ1n) is 20.8. The lowest BCUT2D eigenvalue weighted by atomic mass is 9.91. The molecule has 0 aromatic heterocycles. The van der Waals surface area contributed by atoms with E-state index in [2.05, 4.69) is 26.0 Å². The Hall–Kier alpha value is -5.16. The van der Waals surface area contributed by atoms with Gasteiger partial charge in [-0.25, -0.2) is 13.1 Å². The molecule has 15 nitrogen and oxygen atoms in total. The topological polar surface area (TPSA) is 225 Å². The molecule has 2 fully saturated rings. The van der Waals surface area contributed by atoms with Crippen molar-refractivity contribution in [2.24, 2.45) is 11.7 Å². The predicted molar refractivity (Wildman–Crippen MR) is 231 cm³/mol. The molecule has 0 bridgehead atoms. The molecule has 0 saturated carbocycles. The number of likely N-dealkylation sites (tertiary alicyclic amines) is 1. The van der Waals surface area contributed by atoms with Crippen LogP contribution in [0.15, 0.2) is 78.9 Å². The van der Waals surface area contributed by atoms with Crippen molar-refractivity contribution in [3.05, 3.63) is 95.6 Å². The molecule has 60 heavy (non-hydrogen) atoms. The van der Waals surface area contributed by atoms with Gasteiger partial charge in [-0.2, -0.15) is 0 Å². The van der Waals surface area contributed by atoms with Crippen LogP contribution in [-0.2, 0) is 47.0 Å². The number of amides is 3. The van der Waals surface area contributed by atoms with E-state index in [1.165, 1.54) is 4.90 Å². The maximum absolute atomic E-state index is 14.4. The van der Waals surface area contributed by atoms with Gasteiger partial charge in [0.15, 0.2) is 5.96 Å². The van der Waals surface area contributed by atoms with E-state index in [-0.39, 0.29) is 57.9 Å². The fraction of sp³-hybridized carbons (Fsp3) is 0.477. The molecule has 2 heterocycles. The lowest BCUT2D eigenvalue weighted by Gasteiger charge is -2.30. The highest BCUT2D eigenvalue weighted by molar-refractivity contribution is 7.88. The Labute approximate surface area is 353 Å². The summed E-state index contributed by atoms with van der Waals surface area (Å²) in [7, 11) is -3.81. The molecule has 0 aliphatic carbocycles. The zero-order chi connectivity index (χ0) is 43.1. The summed E-state index contributed by atoms with van der Waals surface area (Å²) in [5, 5.41) is 18.9. The van der Waals surface area contributed by atoms with Gasteiger partial charge in [-0.1, -0.05) is 84.4 Å². The molecule has 2 saturated heterocycles. The lowest BCUT2D eigenvalue weighted by molar-refractivity contribution is -0.142. The summed E-state index contributed by atoms with van der Waals surface area (Å²) in [4.78, 5) is 57.0. The number of ether oxygens (including phenoxy) is 1. The number of guanidine groups is 1. The van der Waals surface area contributed by atoms with Crippen LogP contribution in [0.25, 0.3) is 11.1 Å². The van der Waals surface area contributed by atoms with Gasteiger partial charge in [0.25, 0.3) is 5.91 Å². The van der Waals surface area contributed by atoms with Crippen molar-refractivity contribution < 1.29 is 32.3 Å². The highest BCUT2D eigenvalue weighted by atomic mass is 32.2. The second kappa shape index (κ2) is 22.4. The van der Waals surface area contributed by atoms with E-state index in [1.54, 1.807) is 0 Å². The molecule has 3 aromatic rings. The number of nitrogens with one attached hydrogen (secondary N) is 6. The van der Waals surface area contributed by atoms with Gasteiger partial charge in [0, 0.05) is 26.1 Å². The number of hydrogen-bond acceptors (Lipinski definition) is 9. The summed E-state index contributed by atoms with van der Waals surface area (Å²) in [6, 6.07) is 22.2. The molecule has 3 aromatic carbocycles. The van der Waals surface area contributed by atoms with Crippen LogP contribution in [0.4, 0.5) is 0 Å². The minimum absolute atomic E-state index is 0.0199. The second-order valence-corrected chi connectivity index (χ2v) is 17.6. The first-order valence-corrected chi connectivity index (χ1v) is 22.6. The Morgan fingerprint density at radius 1 is 0.883 bits per heavy atom. The number of nitrogens with zero attached hydrogens (tertiary/aromatic N) is 1. The number of nitrogens with two attached hydrogens (primary N) is 1. The molecule has 16 heteroatoms. The summed E-state index contributed by atoms with van der Waals surface area (Å²) < 4.78 is 33.9. The number of piperidine rings is 1. The zero-order valence-corrected chi connectivity index (χ0v) is 35.4. The normalized spacial score (nSPS) is 18.0. The van der Waals surface area contributed by atoms with Crippen LogP contribution in [0.2, 0.25) is 0 Å². The molecule has 0 unspecified atom stereocenters. The number of rotatable bonds is 21. The van der Waals surface area contributed by atoms with E-state index in [9.17, 15) is 27.6 Å². The summed E-state index contributed by atoms with van der Waals surface area (Å²) >= 11 is 0. The summed E-state index contributed by atoms with van der Waals surface area (Å²) in [6.45, 7) is 4.32. The third-order valence-electron chi connectivity index (χ3n) is 11.0. The number of Topliss-reactive ketones (excluding diaryl/α,β-unsaturated/α-hetero) is 1. The molecule has 5 rings (SSSR count). The number of ketones is 1. The van der Waals surface area contributed by atoms with Crippen molar-refractivity contribution >= 4 is 39.5 Å². The Bertz CT molecular complexity index is 2010. The van der Waals surface area contributed by atoms with E-state index in [1.807, 2.05) is 85.8 Å². The van der Waals surface area contributed by atoms with E-state index < -0.39 is 57.8 Å². The van der Waals surface area contributed by atoms with Gasteiger partial charge in [0.1, 0.15) is 12.1 Å². The largest absolute Gasteiger partial charge is 0.372 e. The molecular formula is C44H60N8O7S. The number of hydrogen-bond donors (Lipinski definition) is 7. The Morgan fingerprint density at radius 2 is 1.55 bits per heavy atom. The molecule has 0 spiro atoms. The van der Waals surface area contributed by atoms with Crippen molar-refractivity contribution in [2.75, 3.05) is 39.0 Å². The fourth-order valence-electron chi connectivity index (χ4n) is 7.70. The van der Waals surface area contributed by atoms with Crippen LogP contribution in [0.3, 0.4) is 0 Å². The Kier molecular flexibility index (Phi) is 17.2. The van der Waals surface area contributed by atoms with Gasteiger partial charge in [-0.05, 0) is 93.1 Å². The average Bonchev–Trinajstić information content (AvgIpc) is 3.67. The lowest BCUT2D eigenvalue weighted by Crippen LogP contribution is -2.56. The van der Waals surface area contributed by atoms with Crippen LogP contribution in [0.1, 0.15) is 61.6 Å². The van der Waals surface area contributed by atoms with Gasteiger partial charge in [0.2, 0.25) is 27.6 Å². The standard InChI is InChI=1S/C44H60N8O7S/c1-30-10-12-33(13-11-30)29-59-36-27-39(52(28-36)43(56)38(51-60(2,57)58)19-16-32-20-24-47-25-21-32)41(54)50-37(9-6-23-49-44(45)46)40(53)42(55)48-26-22-31-14-17-35(18-15-31)34-7-4-3-5-8-34/h3-5,7-8,10-15,17-18,32,36-39,47,51H,6,9,16,19-29H2,1-2H3,(H,48,55)(H,50,54)(H4,45,46,49)/t36-,37+,38-,39+/m1/s1. The minimum atomic E-state index is -3.81. The third-order valence-corrected chi connectivity index (χ3v) is 11.7. The SMILES string of the molecule is Cc1ccc(CO[C@@H]2C[C@@H](C(=O)N[C@@H](CCCNC(=N)N)C(=O)C(=O)NCCc3ccc(-c4ccccc4)cc3)N(C(=O)[C@@H](CCC3CCNCC3)NS(C)(=O)=O)C2)cc1. The first-order chi connectivity index (χ1) is 28.8. The number of carbonyl (C=O) groups is 4. The van der Waals surface area contributed by atoms with Crippen LogP contribution < -0.4 is 31.7 Å². The highest BCUT2D eigenvalue weighted by Gasteiger charge is 2.44. The highest BCUT2D eigenvalue weighted by Crippen LogP contribution is 2.26. The van der Waals surface area contributed by atoms with Gasteiger partial charge < -0.3 is 36.6 Å². The molecule has 324 valence electrons. The van der Waals surface area contributed by atoms with Crippen molar-refractivity contribution in [3.63, 3.8) is 0 Å². The van der Waals surface area contributed by atoms with E-state index >= 15 is 0 Å². The Balaban J connectivity index is 1.29. The quantitative estimate of drug-likeness (QED) is 0.0359. The predicted octanol–water partition coefficient (Wildman–Crippen LogP) is 2.52. The van der Waals surface area contributed by atoms with Gasteiger partial charge in [-0.15, -0.1) is 0 Å². The maximum Gasteiger partial charge on any atom is 0.289 e.